The smallest absolute Gasteiger partial charge is 0.191 e. The summed E-state index contributed by atoms with van der Waals surface area (Å²) >= 11 is 1.69. The van der Waals surface area contributed by atoms with Gasteiger partial charge in [0, 0.05) is 32.2 Å². The van der Waals surface area contributed by atoms with Crippen LogP contribution in [0.4, 0.5) is 5.82 Å². The van der Waals surface area contributed by atoms with Gasteiger partial charge in [-0.2, -0.15) is 0 Å². The van der Waals surface area contributed by atoms with Crippen LogP contribution in [0.15, 0.2) is 28.7 Å². The Morgan fingerprint density at radius 2 is 2.08 bits per heavy atom. The quantitative estimate of drug-likeness (QED) is 0.354. The van der Waals surface area contributed by atoms with E-state index < -0.39 is 0 Å². The van der Waals surface area contributed by atoms with E-state index in [1.807, 2.05) is 31.3 Å². The molecule has 2 aromatic heterocycles. The molecule has 2 rings (SSSR count). The Morgan fingerprint density at radius 1 is 1.31 bits per heavy atom. The molecule has 0 bridgehead atoms. The Bertz CT molecular complexity index is 698. The van der Waals surface area contributed by atoms with E-state index in [0.29, 0.717) is 19.0 Å². The van der Waals surface area contributed by atoms with Gasteiger partial charge in [-0.05, 0) is 30.5 Å². The highest BCUT2D eigenvalue weighted by atomic mass is 127. The van der Waals surface area contributed by atoms with Gasteiger partial charge in [-0.3, -0.25) is 0 Å². The monoisotopic (exact) mass is 488 g/mol. The van der Waals surface area contributed by atoms with Crippen LogP contribution < -0.4 is 15.5 Å². The van der Waals surface area contributed by atoms with Gasteiger partial charge in [0.2, 0.25) is 0 Å². The van der Waals surface area contributed by atoms with Crippen LogP contribution in [-0.2, 0) is 13.1 Å². The summed E-state index contributed by atoms with van der Waals surface area (Å²) in [5.74, 6) is 2.20. The zero-order valence-electron chi connectivity index (χ0n) is 16.1. The van der Waals surface area contributed by atoms with E-state index >= 15 is 0 Å². The number of hydrogen-bond acceptors (Lipinski definition) is 5. The fraction of sp³-hybridized carbons (Fsp3) is 0.500. The van der Waals surface area contributed by atoms with Gasteiger partial charge >= 0.3 is 0 Å². The fourth-order valence-corrected chi connectivity index (χ4v) is 3.04. The maximum atomic E-state index is 4.67. The molecule has 0 saturated heterocycles. The van der Waals surface area contributed by atoms with Crippen molar-refractivity contribution in [2.45, 2.75) is 39.8 Å². The van der Waals surface area contributed by atoms with Crippen LogP contribution in [0.1, 0.15) is 43.0 Å². The molecule has 8 heteroatoms. The summed E-state index contributed by atoms with van der Waals surface area (Å²) in [5, 5.41) is 9.84. The number of hydrogen-bond donors (Lipinski definition) is 2. The fourth-order valence-electron chi connectivity index (χ4n) is 2.15. The zero-order valence-corrected chi connectivity index (χ0v) is 19.3. The number of aliphatic imine (C=N–C) groups is 1. The average molecular weight is 488 g/mol. The van der Waals surface area contributed by atoms with Crippen LogP contribution in [0.3, 0.4) is 0 Å². The molecule has 2 aromatic rings. The van der Waals surface area contributed by atoms with Crippen molar-refractivity contribution in [1.82, 2.24) is 20.6 Å². The lowest BCUT2D eigenvalue weighted by Gasteiger charge is -2.12. The Labute approximate surface area is 177 Å². The molecule has 0 saturated carbocycles. The molecule has 0 amide bonds. The van der Waals surface area contributed by atoms with E-state index in [4.69, 9.17) is 0 Å². The molecule has 144 valence electrons. The van der Waals surface area contributed by atoms with Gasteiger partial charge in [0.1, 0.15) is 10.8 Å². The van der Waals surface area contributed by atoms with Gasteiger partial charge in [-0.25, -0.2) is 15.0 Å². The number of nitrogens with zero attached hydrogens (tertiary/aromatic N) is 4. The van der Waals surface area contributed by atoms with Crippen molar-refractivity contribution in [2.75, 3.05) is 25.5 Å². The number of halogens is 1. The molecular formula is C18H29IN6S. The zero-order chi connectivity index (χ0) is 18.2. The number of guanidine groups is 1. The molecule has 0 unspecified atom stereocenters. The van der Waals surface area contributed by atoms with Crippen molar-refractivity contribution in [3.63, 3.8) is 0 Å². The van der Waals surface area contributed by atoms with Gasteiger partial charge < -0.3 is 15.5 Å². The molecular weight excluding hydrogens is 459 g/mol. The van der Waals surface area contributed by atoms with Crippen molar-refractivity contribution in [3.05, 3.63) is 40.0 Å². The van der Waals surface area contributed by atoms with Gasteiger partial charge in [0.15, 0.2) is 5.96 Å². The van der Waals surface area contributed by atoms with Crippen molar-refractivity contribution >= 4 is 47.1 Å². The molecule has 0 atom stereocenters. The normalized spacial score (nSPS) is 11.2. The standard InChI is InChI=1S/C18H28N6S.HI/c1-6-19-18(22-11-17-23-15(12-25-17)13(2)3)21-10-14-7-8-20-16(9-14)24(4)5;/h7-9,12-13H,6,10-11H2,1-5H3,(H2,19,21,22);1H. The van der Waals surface area contributed by atoms with Crippen molar-refractivity contribution < 1.29 is 0 Å². The Morgan fingerprint density at radius 3 is 2.69 bits per heavy atom. The summed E-state index contributed by atoms with van der Waals surface area (Å²) in [6, 6.07) is 4.05. The molecule has 2 heterocycles. The van der Waals surface area contributed by atoms with Crippen LogP contribution in [0.5, 0.6) is 0 Å². The number of thiazole rings is 1. The molecule has 2 N–H and O–H groups in total. The second kappa shape index (κ2) is 11.3. The minimum absolute atomic E-state index is 0. The Balaban J connectivity index is 0.00000338. The predicted molar refractivity (Wildman–Crippen MR) is 122 cm³/mol. The molecule has 0 fully saturated rings. The van der Waals surface area contributed by atoms with Crippen molar-refractivity contribution in [1.29, 1.82) is 0 Å². The van der Waals surface area contributed by atoms with Crippen LogP contribution >= 0.6 is 35.3 Å². The molecule has 26 heavy (non-hydrogen) atoms. The maximum Gasteiger partial charge on any atom is 0.191 e. The van der Waals surface area contributed by atoms with E-state index in [1.165, 1.54) is 0 Å². The maximum absolute atomic E-state index is 4.67. The third kappa shape index (κ3) is 7.06. The van der Waals surface area contributed by atoms with Gasteiger partial charge in [0.05, 0.1) is 18.8 Å². The van der Waals surface area contributed by atoms with Gasteiger partial charge in [-0.1, -0.05) is 13.8 Å². The van der Waals surface area contributed by atoms with E-state index in [9.17, 15) is 0 Å². The number of anilines is 1. The summed E-state index contributed by atoms with van der Waals surface area (Å²) < 4.78 is 0. The molecule has 0 aromatic carbocycles. The first kappa shape index (κ1) is 22.6. The third-order valence-corrected chi connectivity index (χ3v) is 4.47. The largest absolute Gasteiger partial charge is 0.363 e. The summed E-state index contributed by atoms with van der Waals surface area (Å²) in [4.78, 5) is 15.6. The minimum Gasteiger partial charge on any atom is -0.363 e. The third-order valence-electron chi connectivity index (χ3n) is 3.60. The molecule has 6 nitrogen and oxygen atoms in total. The SMILES string of the molecule is CCNC(=NCc1ccnc(N(C)C)c1)NCc1nc(C(C)C)cs1.I. The topological polar surface area (TPSA) is 65.4 Å². The van der Waals surface area contributed by atoms with E-state index in [-0.39, 0.29) is 24.0 Å². The van der Waals surface area contributed by atoms with Crippen LogP contribution in [0.2, 0.25) is 0 Å². The lowest BCUT2D eigenvalue weighted by molar-refractivity contribution is 0.788. The Kier molecular flexibility index (Phi) is 9.85. The van der Waals surface area contributed by atoms with E-state index in [0.717, 1.165) is 34.6 Å². The number of pyridine rings is 1. The Hall–Kier alpha value is -1.42. The predicted octanol–water partition coefficient (Wildman–Crippen LogP) is 3.60. The first-order valence-electron chi connectivity index (χ1n) is 8.58. The first-order valence-corrected chi connectivity index (χ1v) is 9.46. The minimum atomic E-state index is 0. The summed E-state index contributed by atoms with van der Waals surface area (Å²) in [5.41, 5.74) is 2.28. The first-order chi connectivity index (χ1) is 12.0. The van der Waals surface area contributed by atoms with Crippen LogP contribution in [-0.4, -0.2) is 36.6 Å². The van der Waals surface area contributed by atoms with E-state index in [2.05, 4.69) is 57.8 Å². The number of nitrogens with one attached hydrogen (secondary N) is 2. The highest BCUT2D eigenvalue weighted by Gasteiger charge is 2.06. The van der Waals surface area contributed by atoms with Crippen molar-refractivity contribution in [2.24, 2.45) is 4.99 Å². The van der Waals surface area contributed by atoms with Crippen LogP contribution in [0, 0.1) is 0 Å². The summed E-state index contributed by atoms with van der Waals surface area (Å²) in [7, 11) is 3.97. The van der Waals surface area contributed by atoms with E-state index in [1.54, 1.807) is 11.3 Å². The summed E-state index contributed by atoms with van der Waals surface area (Å²) in [6.45, 7) is 8.49. The second-order valence-corrected chi connectivity index (χ2v) is 7.23. The van der Waals surface area contributed by atoms with Crippen molar-refractivity contribution in [3.8, 4) is 0 Å². The molecule has 0 spiro atoms. The lowest BCUT2D eigenvalue weighted by atomic mass is 10.2. The van der Waals surface area contributed by atoms with Gasteiger partial charge in [0.25, 0.3) is 0 Å². The average Bonchev–Trinajstić information content (AvgIpc) is 3.07. The molecule has 0 aliphatic heterocycles. The number of aromatic nitrogens is 2. The molecule has 0 radical (unpaired) electrons. The highest BCUT2D eigenvalue weighted by molar-refractivity contribution is 14.0. The van der Waals surface area contributed by atoms with Gasteiger partial charge in [-0.15, -0.1) is 35.3 Å². The summed E-state index contributed by atoms with van der Waals surface area (Å²) in [6.07, 6.45) is 1.82. The second-order valence-electron chi connectivity index (χ2n) is 6.29. The number of rotatable bonds is 7. The molecule has 0 aliphatic rings. The van der Waals surface area contributed by atoms with Crippen LogP contribution in [0.25, 0.3) is 0 Å². The molecule has 0 aliphatic carbocycles. The lowest BCUT2D eigenvalue weighted by Crippen LogP contribution is -2.36. The highest BCUT2D eigenvalue weighted by Crippen LogP contribution is 2.17.